The first-order chi connectivity index (χ1) is 18.8. The van der Waals surface area contributed by atoms with Crippen LogP contribution < -0.4 is 9.80 Å². The van der Waals surface area contributed by atoms with E-state index < -0.39 is 0 Å². The van der Waals surface area contributed by atoms with Gasteiger partial charge < -0.3 is 28.4 Å². The van der Waals surface area contributed by atoms with Gasteiger partial charge in [0.1, 0.15) is 23.6 Å². The summed E-state index contributed by atoms with van der Waals surface area (Å²) in [6, 6.07) is 23.3. The SMILES string of the molecule is C[C@@H](OC(=O)c1cc2c(n1C)CN1CN2Cc2c1cc(C(=O)O[C@H](C)c1ccccc1)n2C)c1ccccc1. The van der Waals surface area contributed by atoms with Crippen LogP contribution in [0.3, 0.4) is 0 Å². The first-order valence-corrected chi connectivity index (χ1v) is 13.2. The van der Waals surface area contributed by atoms with E-state index in [9.17, 15) is 9.59 Å². The van der Waals surface area contributed by atoms with Gasteiger partial charge in [0.25, 0.3) is 0 Å². The third kappa shape index (κ3) is 4.35. The Morgan fingerprint density at radius 3 is 1.44 bits per heavy atom. The molecular weight excluding hydrogens is 492 g/mol. The van der Waals surface area contributed by atoms with Gasteiger partial charge in [-0.15, -0.1) is 0 Å². The zero-order chi connectivity index (χ0) is 27.3. The normalized spacial score (nSPS) is 15.3. The Morgan fingerprint density at radius 1 is 0.667 bits per heavy atom. The predicted octanol–water partition coefficient (Wildman–Crippen LogP) is 5.50. The summed E-state index contributed by atoms with van der Waals surface area (Å²) in [6.07, 6.45) is -0.693. The molecule has 6 rings (SSSR count). The summed E-state index contributed by atoms with van der Waals surface area (Å²) in [5, 5.41) is 0. The third-order valence-corrected chi connectivity index (χ3v) is 7.90. The Bertz CT molecular complexity index is 1420. The van der Waals surface area contributed by atoms with E-state index in [1.54, 1.807) is 0 Å². The Balaban J connectivity index is 1.22. The maximum atomic E-state index is 13.2. The van der Waals surface area contributed by atoms with Gasteiger partial charge >= 0.3 is 11.9 Å². The molecule has 0 aliphatic carbocycles. The van der Waals surface area contributed by atoms with Gasteiger partial charge in [0.15, 0.2) is 0 Å². The molecule has 4 heterocycles. The molecule has 0 N–H and O–H groups in total. The van der Waals surface area contributed by atoms with Gasteiger partial charge in [0, 0.05) is 14.1 Å². The van der Waals surface area contributed by atoms with Crippen molar-refractivity contribution in [3.05, 3.63) is 107 Å². The number of aromatic nitrogens is 2. The fourth-order valence-electron chi connectivity index (χ4n) is 5.58. The minimum atomic E-state index is -0.346. The van der Waals surface area contributed by atoms with Gasteiger partial charge in [-0.25, -0.2) is 9.59 Å². The second-order valence-corrected chi connectivity index (χ2v) is 10.3. The van der Waals surface area contributed by atoms with Crippen molar-refractivity contribution in [2.45, 2.75) is 39.1 Å². The molecule has 2 atom stereocenters. The summed E-state index contributed by atoms with van der Waals surface area (Å²) < 4.78 is 15.5. The van der Waals surface area contributed by atoms with Crippen molar-refractivity contribution < 1.29 is 19.1 Å². The number of hydrogen-bond acceptors (Lipinski definition) is 6. The van der Waals surface area contributed by atoms with Crippen LogP contribution in [-0.2, 0) is 36.7 Å². The summed E-state index contributed by atoms with van der Waals surface area (Å²) >= 11 is 0. The molecule has 2 aliphatic rings. The largest absolute Gasteiger partial charge is 0.453 e. The van der Waals surface area contributed by atoms with E-state index in [2.05, 4.69) is 9.80 Å². The van der Waals surface area contributed by atoms with Crippen LogP contribution in [0.4, 0.5) is 11.4 Å². The van der Waals surface area contributed by atoms with E-state index >= 15 is 0 Å². The summed E-state index contributed by atoms with van der Waals surface area (Å²) in [5.41, 5.74) is 7.08. The molecule has 0 radical (unpaired) electrons. The second-order valence-electron chi connectivity index (χ2n) is 10.3. The number of carbonyl (C=O) groups is 2. The molecule has 8 nitrogen and oxygen atoms in total. The number of anilines is 2. The topological polar surface area (TPSA) is 68.9 Å². The molecule has 0 spiro atoms. The van der Waals surface area contributed by atoms with Crippen molar-refractivity contribution in [2.75, 3.05) is 16.5 Å². The van der Waals surface area contributed by atoms with Gasteiger partial charge in [0.05, 0.1) is 42.5 Å². The monoisotopic (exact) mass is 524 g/mol. The van der Waals surface area contributed by atoms with Crippen LogP contribution in [0.2, 0.25) is 0 Å². The molecule has 2 aromatic heterocycles. The average Bonchev–Trinajstić information content (AvgIpc) is 3.47. The van der Waals surface area contributed by atoms with E-state index in [1.165, 1.54) is 0 Å². The molecule has 200 valence electrons. The first-order valence-electron chi connectivity index (χ1n) is 13.2. The Morgan fingerprint density at radius 2 is 1.05 bits per heavy atom. The van der Waals surface area contributed by atoms with Gasteiger partial charge in [-0.1, -0.05) is 60.7 Å². The zero-order valence-corrected chi connectivity index (χ0v) is 22.6. The highest BCUT2D eigenvalue weighted by Crippen LogP contribution is 2.41. The maximum absolute atomic E-state index is 13.2. The highest BCUT2D eigenvalue weighted by molar-refractivity contribution is 5.92. The lowest BCUT2D eigenvalue weighted by atomic mass is 10.1. The van der Waals surface area contributed by atoms with Crippen molar-refractivity contribution in [3.63, 3.8) is 0 Å². The molecule has 39 heavy (non-hydrogen) atoms. The van der Waals surface area contributed by atoms with Crippen LogP contribution in [-0.4, -0.2) is 27.7 Å². The number of benzene rings is 2. The number of rotatable bonds is 6. The molecule has 0 unspecified atom stereocenters. The Kier molecular flexibility index (Phi) is 6.17. The quantitative estimate of drug-likeness (QED) is 0.311. The molecule has 0 fully saturated rings. The molecule has 4 aromatic rings. The van der Waals surface area contributed by atoms with E-state index in [-0.39, 0.29) is 24.1 Å². The van der Waals surface area contributed by atoms with Crippen LogP contribution in [0.15, 0.2) is 72.8 Å². The molecule has 0 saturated carbocycles. The number of carbonyl (C=O) groups excluding carboxylic acids is 2. The second kappa shape index (κ2) is 9.69. The highest BCUT2D eigenvalue weighted by atomic mass is 16.5. The number of ether oxygens (including phenoxy) is 2. The van der Waals surface area contributed by atoms with Gasteiger partial charge in [-0.2, -0.15) is 0 Å². The third-order valence-electron chi connectivity index (χ3n) is 7.90. The maximum Gasteiger partial charge on any atom is 0.355 e. The van der Waals surface area contributed by atoms with Crippen LogP contribution >= 0.6 is 0 Å². The molecule has 2 bridgehead atoms. The molecule has 2 aliphatic heterocycles. The Labute approximate surface area is 228 Å². The van der Waals surface area contributed by atoms with E-state index in [0.29, 0.717) is 31.1 Å². The predicted molar refractivity (Wildman–Crippen MR) is 149 cm³/mol. The summed E-state index contributed by atoms with van der Waals surface area (Å²) in [5.74, 6) is -0.687. The van der Waals surface area contributed by atoms with Crippen LogP contribution in [0.25, 0.3) is 0 Å². The van der Waals surface area contributed by atoms with Crippen molar-refractivity contribution in [1.82, 2.24) is 9.13 Å². The fraction of sp³-hybridized carbons (Fsp3) is 0.290. The van der Waals surface area contributed by atoms with Crippen molar-refractivity contribution >= 4 is 23.3 Å². The standard InChI is InChI=1S/C31H32N4O4/c1-20(22-11-7-5-8-12-22)38-30(36)26-15-24-28(32(26)3)17-35-19-34(24)18-29-25(35)16-27(33(29)4)31(37)39-21(2)23-13-9-6-10-14-23/h5-16,20-21H,17-19H2,1-4H3/t20-,21-/m1/s1. The lowest BCUT2D eigenvalue weighted by molar-refractivity contribution is 0.0316. The molecule has 0 saturated heterocycles. The average molecular weight is 525 g/mol. The van der Waals surface area contributed by atoms with E-state index in [4.69, 9.17) is 9.47 Å². The van der Waals surface area contributed by atoms with Crippen molar-refractivity contribution in [2.24, 2.45) is 14.1 Å². The van der Waals surface area contributed by atoms with E-state index in [1.807, 2.05) is 110 Å². The summed E-state index contributed by atoms with van der Waals surface area (Å²) in [6.45, 7) is 5.69. The number of fused-ring (bicyclic) bond motifs is 6. The van der Waals surface area contributed by atoms with Crippen molar-refractivity contribution in [3.8, 4) is 0 Å². The summed E-state index contributed by atoms with van der Waals surface area (Å²) in [4.78, 5) is 30.8. The molecule has 0 amide bonds. The first kappa shape index (κ1) is 24.9. The lowest BCUT2D eigenvalue weighted by Gasteiger charge is -2.42. The number of nitrogens with zero attached hydrogens (tertiary/aromatic N) is 4. The molecule has 8 heteroatoms. The smallest absolute Gasteiger partial charge is 0.355 e. The van der Waals surface area contributed by atoms with Crippen LogP contribution in [0.5, 0.6) is 0 Å². The lowest BCUT2D eigenvalue weighted by Crippen LogP contribution is -2.46. The minimum absolute atomic E-state index is 0.343. The zero-order valence-electron chi connectivity index (χ0n) is 22.6. The van der Waals surface area contributed by atoms with Gasteiger partial charge in [-0.05, 0) is 37.1 Å². The Hall–Kier alpha value is -4.46. The van der Waals surface area contributed by atoms with Crippen LogP contribution in [0.1, 0.15) is 69.5 Å². The number of hydrogen-bond donors (Lipinski definition) is 0. The highest BCUT2D eigenvalue weighted by Gasteiger charge is 2.36. The fourth-order valence-corrected chi connectivity index (χ4v) is 5.58. The van der Waals surface area contributed by atoms with Crippen LogP contribution in [0, 0.1) is 0 Å². The molecule has 2 aromatic carbocycles. The minimum Gasteiger partial charge on any atom is -0.453 e. The summed E-state index contributed by atoms with van der Waals surface area (Å²) in [7, 11) is 3.82. The van der Waals surface area contributed by atoms with Crippen molar-refractivity contribution in [1.29, 1.82) is 0 Å². The van der Waals surface area contributed by atoms with Gasteiger partial charge in [0.2, 0.25) is 0 Å². The number of esters is 2. The van der Waals surface area contributed by atoms with Gasteiger partial charge in [-0.3, -0.25) is 0 Å². The van der Waals surface area contributed by atoms with E-state index in [0.717, 1.165) is 33.9 Å². The molecular formula is C31H32N4O4.